The lowest BCUT2D eigenvalue weighted by atomic mass is 10.0. The van der Waals surface area contributed by atoms with Crippen LogP contribution < -0.4 is 10.2 Å². The second-order valence-electron chi connectivity index (χ2n) is 6.84. The predicted molar refractivity (Wildman–Crippen MR) is 95.4 cm³/mol. The molecule has 3 rings (SSSR count). The molecule has 0 bridgehead atoms. The zero-order valence-corrected chi connectivity index (χ0v) is 15.0. The zero-order valence-electron chi connectivity index (χ0n) is 15.0. The van der Waals surface area contributed by atoms with Crippen LogP contribution in [0, 0.1) is 12.3 Å². The van der Waals surface area contributed by atoms with Gasteiger partial charge < -0.3 is 10.2 Å². The molecular formula is C19H19F3N4O2. The maximum Gasteiger partial charge on any atom is 0.471 e. The maximum absolute atomic E-state index is 12.9. The second kappa shape index (κ2) is 7.62. The molecule has 0 saturated carbocycles. The lowest BCUT2D eigenvalue weighted by Gasteiger charge is -2.26. The lowest BCUT2D eigenvalue weighted by Crippen LogP contribution is -2.48. The number of fused-ring (bicyclic) bond motifs is 1. The van der Waals surface area contributed by atoms with Crippen LogP contribution in [-0.2, 0) is 16.0 Å². The Hall–Kier alpha value is -2.89. The molecule has 2 heterocycles. The molecule has 0 aromatic heterocycles. The number of rotatable bonds is 7. The third-order valence-corrected chi connectivity index (χ3v) is 4.89. The van der Waals surface area contributed by atoms with Crippen LogP contribution in [0.2, 0.25) is 0 Å². The Kier molecular flexibility index (Phi) is 5.40. The SMILES string of the molecule is C#CCCC1(CCC(=O)N2c3ccccc3CC2CNC(=O)C(F)(F)F)N=N1. The fourth-order valence-electron chi connectivity index (χ4n) is 3.37. The number of amides is 2. The number of nitrogens with zero attached hydrogens (tertiary/aromatic N) is 3. The number of hydrogen-bond donors (Lipinski definition) is 1. The van der Waals surface area contributed by atoms with E-state index in [-0.39, 0.29) is 18.9 Å². The van der Waals surface area contributed by atoms with Crippen molar-refractivity contribution < 1.29 is 22.8 Å². The van der Waals surface area contributed by atoms with Crippen molar-refractivity contribution >= 4 is 17.5 Å². The summed E-state index contributed by atoms with van der Waals surface area (Å²) in [5.74, 6) is 0.262. The Morgan fingerprint density at radius 2 is 2.00 bits per heavy atom. The van der Waals surface area contributed by atoms with Gasteiger partial charge in [-0.25, -0.2) is 0 Å². The summed E-state index contributed by atoms with van der Waals surface area (Å²) in [5.41, 5.74) is 0.896. The average Bonchev–Trinajstić information content (AvgIpc) is 3.33. The third-order valence-electron chi connectivity index (χ3n) is 4.89. The van der Waals surface area contributed by atoms with Crippen molar-refractivity contribution in [1.82, 2.24) is 5.32 Å². The number of anilines is 1. The molecule has 0 spiro atoms. The maximum atomic E-state index is 12.9. The van der Waals surface area contributed by atoms with E-state index in [1.54, 1.807) is 18.2 Å². The fraction of sp³-hybridized carbons (Fsp3) is 0.474. The van der Waals surface area contributed by atoms with E-state index in [2.05, 4.69) is 16.1 Å². The lowest BCUT2D eigenvalue weighted by molar-refractivity contribution is -0.173. The monoisotopic (exact) mass is 392 g/mol. The Balaban J connectivity index is 1.67. The quantitative estimate of drug-likeness (QED) is 0.725. The number of hydrogen-bond acceptors (Lipinski definition) is 4. The molecule has 148 valence electrons. The van der Waals surface area contributed by atoms with Crippen LogP contribution in [0.25, 0.3) is 0 Å². The van der Waals surface area contributed by atoms with Crippen molar-refractivity contribution in [3.05, 3.63) is 29.8 Å². The number of para-hydroxylation sites is 1. The van der Waals surface area contributed by atoms with E-state index < -0.39 is 23.8 Å². The summed E-state index contributed by atoms with van der Waals surface area (Å²) in [6.07, 6.45) is 2.27. The first-order valence-electron chi connectivity index (χ1n) is 8.88. The first-order chi connectivity index (χ1) is 13.3. The van der Waals surface area contributed by atoms with Gasteiger partial charge in [0.2, 0.25) is 5.91 Å². The smallest absolute Gasteiger partial charge is 0.346 e. The molecule has 0 aliphatic carbocycles. The van der Waals surface area contributed by atoms with Crippen molar-refractivity contribution in [3.8, 4) is 12.3 Å². The first-order valence-corrected chi connectivity index (χ1v) is 8.88. The fourth-order valence-corrected chi connectivity index (χ4v) is 3.37. The number of alkyl halides is 3. The van der Waals surface area contributed by atoms with Crippen molar-refractivity contribution in [2.45, 2.75) is 50.0 Å². The minimum atomic E-state index is -4.96. The topological polar surface area (TPSA) is 74.1 Å². The molecule has 1 aromatic rings. The van der Waals surface area contributed by atoms with Crippen molar-refractivity contribution in [2.24, 2.45) is 10.2 Å². The molecule has 2 aliphatic heterocycles. The number of nitrogens with one attached hydrogen (secondary N) is 1. The number of terminal acetylenes is 1. The molecule has 1 N–H and O–H groups in total. The van der Waals surface area contributed by atoms with E-state index >= 15 is 0 Å². The minimum Gasteiger partial charge on any atom is -0.346 e. The van der Waals surface area contributed by atoms with E-state index in [4.69, 9.17) is 6.42 Å². The van der Waals surface area contributed by atoms with E-state index in [1.807, 2.05) is 11.4 Å². The van der Waals surface area contributed by atoms with Gasteiger partial charge in [-0.15, -0.1) is 12.3 Å². The van der Waals surface area contributed by atoms with Gasteiger partial charge in [0.1, 0.15) is 0 Å². The molecular weight excluding hydrogens is 373 g/mol. The van der Waals surface area contributed by atoms with Crippen LogP contribution >= 0.6 is 0 Å². The van der Waals surface area contributed by atoms with E-state index in [1.165, 1.54) is 4.90 Å². The summed E-state index contributed by atoms with van der Waals surface area (Å²) in [7, 11) is 0. The van der Waals surface area contributed by atoms with Gasteiger partial charge in [0.25, 0.3) is 0 Å². The molecule has 1 atom stereocenters. The van der Waals surface area contributed by atoms with Crippen LogP contribution in [0.5, 0.6) is 0 Å². The molecule has 0 saturated heterocycles. The van der Waals surface area contributed by atoms with Crippen molar-refractivity contribution in [1.29, 1.82) is 0 Å². The normalized spacial score (nSPS) is 19.1. The number of carbonyl (C=O) groups excluding carboxylic acids is 2. The van der Waals surface area contributed by atoms with Crippen LogP contribution in [0.1, 0.15) is 31.2 Å². The van der Waals surface area contributed by atoms with Crippen LogP contribution in [0.4, 0.5) is 18.9 Å². The molecule has 1 aromatic carbocycles. The van der Waals surface area contributed by atoms with Gasteiger partial charge in [-0.2, -0.15) is 23.4 Å². The van der Waals surface area contributed by atoms with Crippen molar-refractivity contribution in [2.75, 3.05) is 11.4 Å². The Morgan fingerprint density at radius 3 is 2.64 bits per heavy atom. The number of halogens is 3. The highest BCUT2D eigenvalue weighted by Gasteiger charge is 2.42. The average molecular weight is 392 g/mol. The van der Waals surface area contributed by atoms with Gasteiger partial charge in [0.15, 0.2) is 5.66 Å². The van der Waals surface area contributed by atoms with Crippen LogP contribution in [0.3, 0.4) is 0 Å². The molecule has 28 heavy (non-hydrogen) atoms. The Bertz CT molecular complexity index is 838. The van der Waals surface area contributed by atoms with Gasteiger partial charge >= 0.3 is 12.1 Å². The highest BCUT2D eigenvalue weighted by molar-refractivity contribution is 5.96. The summed E-state index contributed by atoms with van der Waals surface area (Å²) in [5, 5.41) is 9.87. The first kappa shape index (κ1) is 19.9. The highest BCUT2D eigenvalue weighted by atomic mass is 19.4. The van der Waals surface area contributed by atoms with Crippen LogP contribution in [0.15, 0.2) is 34.5 Å². The van der Waals surface area contributed by atoms with Crippen LogP contribution in [-0.4, -0.2) is 36.2 Å². The molecule has 0 radical (unpaired) electrons. The summed E-state index contributed by atoms with van der Waals surface area (Å²) in [6, 6.07) is 6.55. The van der Waals surface area contributed by atoms with Gasteiger partial charge in [0.05, 0.1) is 6.04 Å². The second-order valence-corrected chi connectivity index (χ2v) is 6.84. The number of carbonyl (C=O) groups is 2. The van der Waals surface area contributed by atoms with E-state index in [9.17, 15) is 22.8 Å². The molecule has 6 nitrogen and oxygen atoms in total. The minimum absolute atomic E-state index is 0.135. The van der Waals surface area contributed by atoms with E-state index in [0.717, 1.165) is 5.56 Å². The van der Waals surface area contributed by atoms with Gasteiger partial charge in [-0.3, -0.25) is 9.59 Å². The molecule has 9 heteroatoms. The summed E-state index contributed by atoms with van der Waals surface area (Å²) in [4.78, 5) is 25.5. The van der Waals surface area contributed by atoms with E-state index in [0.29, 0.717) is 31.4 Å². The summed E-state index contributed by atoms with van der Waals surface area (Å²) >= 11 is 0. The van der Waals surface area contributed by atoms with Gasteiger partial charge in [-0.1, -0.05) is 18.2 Å². The molecule has 1 unspecified atom stereocenters. The molecule has 2 amide bonds. The summed E-state index contributed by atoms with van der Waals surface area (Å²) < 4.78 is 37.4. The Labute approximate surface area is 160 Å². The molecule has 2 aliphatic rings. The van der Waals surface area contributed by atoms with Gasteiger partial charge in [0, 0.05) is 37.9 Å². The standard InChI is InChI=1S/C19H19F3N4O2/c1-2-3-9-18(24-25-18)10-8-16(27)26-14(12-23-17(28)19(20,21)22)11-13-6-4-5-7-15(13)26/h1,4-7,14H,3,8-12H2,(H,23,28). The predicted octanol–water partition coefficient (Wildman–Crippen LogP) is 2.98. The number of benzene rings is 1. The third kappa shape index (κ3) is 4.32. The Morgan fingerprint density at radius 1 is 1.29 bits per heavy atom. The largest absolute Gasteiger partial charge is 0.471 e. The van der Waals surface area contributed by atoms with Gasteiger partial charge in [-0.05, 0) is 18.1 Å². The zero-order chi connectivity index (χ0) is 20.4. The summed E-state index contributed by atoms with van der Waals surface area (Å²) in [6.45, 7) is -0.282. The molecule has 0 fully saturated rings. The van der Waals surface area contributed by atoms with Crippen molar-refractivity contribution in [3.63, 3.8) is 0 Å². The highest BCUT2D eigenvalue weighted by Crippen LogP contribution is 2.39.